The van der Waals surface area contributed by atoms with E-state index in [1.165, 1.54) is 6.07 Å². The Kier molecular flexibility index (Phi) is 4.56. The molecule has 2 aromatic rings. The van der Waals surface area contributed by atoms with E-state index >= 15 is 0 Å². The number of hydrogen-bond acceptors (Lipinski definition) is 2. The Balaban J connectivity index is 2.24. The smallest absolute Gasteiger partial charge is 0.153 e. The average Bonchev–Trinajstić information content (AvgIpc) is 2.41. The van der Waals surface area contributed by atoms with Crippen LogP contribution in [0.25, 0.3) is 0 Å². The third-order valence-corrected chi connectivity index (χ3v) is 3.44. The highest BCUT2D eigenvalue weighted by Crippen LogP contribution is 2.29. The summed E-state index contributed by atoms with van der Waals surface area (Å²) >= 11 is 8.98. The van der Waals surface area contributed by atoms with Gasteiger partial charge in [-0.3, -0.25) is 4.79 Å². The van der Waals surface area contributed by atoms with Crippen molar-refractivity contribution < 1.29 is 13.9 Å². The van der Waals surface area contributed by atoms with Gasteiger partial charge in [-0.1, -0.05) is 29.8 Å². The second-order valence-corrected chi connectivity index (χ2v) is 5.04. The van der Waals surface area contributed by atoms with E-state index in [2.05, 4.69) is 15.9 Å². The van der Waals surface area contributed by atoms with E-state index in [0.717, 1.165) is 0 Å². The first-order valence-electron chi connectivity index (χ1n) is 5.43. The van der Waals surface area contributed by atoms with Crippen LogP contribution in [0, 0.1) is 5.82 Å². The van der Waals surface area contributed by atoms with Crippen molar-refractivity contribution in [3.8, 4) is 5.75 Å². The van der Waals surface area contributed by atoms with Crippen molar-refractivity contribution in [3.63, 3.8) is 0 Å². The lowest BCUT2D eigenvalue weighted by Crippen LogP contribution is -2.01. The van der Waals surface area contributed by atoms with Crippen LogP contribution in [0.1, 0.15) is 15.9 Å². The zero-order chi connectivity index (χ0) is 13.8. The molecule has 98 valence electrons. The standard InChI is InChI=1S/C14H9BrClFO2/c15-11-5-1-3-9(7-18)14(11)19-8-10-4-2-6-12(16)13(10)17/h1-7H,8H2. The first-order chi connectivity index (χ1) is 9.13. The molecular formula is C14H9BrClFO2. The van der Waals surface area contributed by atoms with E-state index in [4.69, 9.17) is 16.3 Å². The molecule has 0 bridgehead atoms. The van der Waals surface area contributed by atoms with Crippen molar-refractivity contribution in [2.45, 2.75) is 6.61 Å². The Morgan fingerprint density at radius 2 is 2.00 bits per heavy atom. The lowest BCUT2D eigenvalue weighted by Gasteiger charge is -2.11. The van der Waals surface area contributed by atoms with Crippen molar-refractivity contribution in [1.29, 1.82) is 0 Å². The predicted molar refractivity (Wildman–Crippen MR) is 75.3 cm³/mol. The fraction of sp³-hybridized carbons (Fsp3) is 0.0714. The van der Waals surface area contributed by atoms with E-state index < -0.39 is 5.82 Å². The molecule has 2 nitrogen and oxygen atoms in total. The number of hydrogen-bond donors (Lipinski definition) is 0. The first-order valence-corrected chi connectivity index (χ1v) is 6.60. The summed E-state index contributed by atoms with van der Waals surface area (Å²) in [7, 11) is 0. The zero-order valence-electron chi connectivity index (χ0n) is 9.70. The average molecular weight is 344 g/mol. The molecule has 0 unspecified atom stereocenters. The highest BCUT2D eigenvalue weighted by atomic mass is 79.9. The largest absolute Gasteiger partial charge is 0.487 e. The van der Waals surface area contributed by atoms with Gasteiger partial charge in [0.25, 0.3) is 0 Å². The number of para-hydroxylation sites is 1. The molecule has 5 heteroatoms. The second-order valence-electron chi connectivity index (χ2n) is 3.78. The van der Waals surface area contributed by atoms with Gasteiger partial charge in [0.15, 0.2) is 6.29 Å². The van der Waals surface area contributed by atoms with Gasteiger partial charge in [0.1, 0.15) is 18.2 Å². The SMILES string of the molecule is O=Cc1cccc(Br)c1OCc1cccc(Cl)c1F. The van der Waals surface area contributed by atoms with Gasteiger partial charge >= 0.3 is 0 Å². The molecule has 0 radical (unpaired) electrons. The van der Waals surface area contributed by atoms with Crippen LogP contribution < -0.4 is 4.74 Å². The Labute approximate surface area is 123 Å². The summed E-state index contributed by atoms with van der Waals surface area (Å²) in [5, 5.41) is 0.0452. The highest BCUT2D eigenvalue weighted by Gasteiger charge is 2.10. The minimum Gasteiger partial charge on any atom is -0.487 e. The third-order valence-electron chi connectivity index (χ3n) is 2.53. The van der Waals surface area contributed by atoms with Crippen LogP contribution in [0.15, 0.2) is 40.9 Å². The molecule has 0 saturated carbocycles. The quantitative estimate of drug-likeness (QED) is 0.756. The molecule has 0 aliphatic carbocycles. The second kappa shape index (κ2) is 6.17. The summed E-state index contributed by atoms with van der Waals surface area (Å²) in [6.07, 6.45) is 0.689. The number of carbonyl (C=O) groups is 1. The topological polar surface area (TPSA) is 26.3 Å². The molecule has 0 aromatic heterocycles. The van der Waals surface area contributed by atoms with Crippen molar-refractivity contribution in [2.24, 2.45) is 0 Å². The monoisotopic (exact) mass is 342 g/mol. The number of rotatable bonds is 4. The molecule has 0 amide bonds. The van der Waals surface area contributed by atoms with E-state index in [1.807, 2.05) is 0 Å². The van der Waals surface area contributed by atoms with Crippen molar-refractivity contribution in [3.05, 3.63) is 62.8 Å². The molecule has 0 spiro atoms. The fourth-order valence-electron chi connectivity index (χ4n) is 1.58. The molecule has 2 aromatic carbocycles. The Morgan fingerprint density at radius 1 is 1.26 bits per heavy atom. The van der Waals surface area contributed by atoms with Crippen molar-refractivity contribution in [2.75, 3.05) is 0 Å². The number of halogens is 3. The van der Waals surface area contributed by atoms with Crippen LogP contribution in [0.2, 0.25) is 5.02 Å². The minimum atomic E-state index is -0.510. The Hall–Kier alpha value is -1.39. The Bertz CT molecular complexity index is 616. The Morgan fingerprint density at radius 3 is 2.74 bits per heavy atom. The first kappa shape index (κ1) is 14.0. The maximum atomic E-state index is 13.7. The van der Waals surface area contributed by atoms with Crippen LogP contribution in [0.4, 0.5) is 4.39 Å². The zero-order valence-corrected chi connectivity index (χ0v) is 12.0. The van der Waals surface area contributed by atoms with Gasteiger partial charge in [0.2, 0.25) is 0 Å². The molecule has 0 atom stereocenters. The summed E-state index contributed by atoms with van der Waals surface area (Å²) in [6.45, 7) is -0.00412. The van der Waals surface area contributed by atoms with E-state index in [1.54, 1.807) is 30.3 Å². The molecule has 0 heterocycles. The molecular weight excluding hydrogens is 335 g/mol. The summed E-state index contributed by atoms with van der Waals surface area (Å²) in [6, 6.07) is 9.79. The summed E-state index contributed by atoms with van der Waals surface area (Å²) in [5.41, 5.74) is 0.733. The van der Waals surface area contributed by atoms with Crippen LogP contribution in [0.3, 0.4) is 0 Å². The molecule has 19 heavy (non-hydrogen) atoms. The number of benzene rings is 2. The molecule has 0 N–H and O–H groups in total. The third kappa shape index (κ3) is 3.14. The minimum absolute atomic E-state index is 0.00412. The fourth-order valence-corrected chi connectivity index (χ4v) is 2.27. The molecule has 0 fully saturated rings. The summed E-state index contributed by atoms with van der Waals surface area (Å²) < 4.78 is 19.8. The van der Waals surface area contributed by atoms with E-state index in [9.17, 15) is 9.18 Å². The van der Waals surface area contributed by atoms with Crippen molar-refractivity contribution >= 4 is 33.8 Å². The molecule has 0 aliphatic rings. The van der Waals surface area contributed by atoms with Gasteiger partial charge in [-0.25, -0.2) is 4.39 Å². The molecule has 2 rings (SSSR count). The lowest BCUT2D eigenvalue weighted by molar-refractivity contribution is 0.111. The van der Waals surface area contributed by atoms with Gasteiger partial charge in [0.05, 0.1) is 15.1 Å². The van der Waals surface area contributed by atoms with Gasteiger partial charge in [0, 0.05) is 5.56 Å². The van der Waals surface area contributed by atoms with Gasteiger partial charge in [-0.2, -0.15) is 0 Å². The van der Waals surface area contributed by atoms with Crippen molar-refractivity contribution in [1.82, 2.24) is 0 Å². The number of aldehydes is 1. The van der Waals surface area contributed by atoms with Gasteiger partial charge in [-0.05, 0) is 34.1 Å². The maximum absolute atomic E-state index is 13.7. The van der Waals surface area contributed by atoms with Crippen LogP contribution in [-0.2, 0) is 6.61 Å². The highest BCUT2D eigenvalue weighted by molar-refractivity contribution is 9.10. The number of ether oxygens (including phenoxy) is 1. The van der Waals surface area contributed by atoms with E-state index in [-0.39, 0.29) is 11.6 Å². The van der Waals surface area contributed by atoms with Gasteiger partial charge < -0.3 is 4.74 Å². The normalized spacial score (nSPS) is 10.3. The maximum Gasteiger partial charge on any atom is 0.153 e. The summed E-state index contributed by atoms with van der Waals surface area (Å²) in [4.78, 5) is 10.9. The van der Waals surface area contributed by atoms with Gasteiger partial charge in [-0.15, -0.1) is 0 Å². The molecule has 0 saturated heterocycles. The van der Waals surface area contributed by atoms with Crippen LogP contribution in [0.5, 0.6) is 5.75 Å². The van der Waals surface area contributed by atoms with Crippen LogP contribution in [-0.4, -0.2) is 6.29 Å². The van der Waals surface area contributed by atoms with E-state index in [0.29, 0.717) is 27.6 Å². The summed E-state index contributed by atoms with van der Waals surface area (Å²) in [5.74, 6) is -0.124. The predicted octanol–water partition coefficient (Wildman–Crippen LogP) is 4.63. The molecule has 0 aliphatic heterocycles. The lowest BCUT2D eigenvalue weighted by atomic mass is 10.2. The van der Waals surface area contributed by atoms with Crippen LogP contribution >= 0.6 is 27.5 Å². The number of carbonyl (C=O) groups excluding carboxylic acids is 1.